The highest BCUT2D eigenvalue weighted by molar-refractivity contribution is 5.90. The van der Waals surface area contributed by atoms with Gasteiger partial charge >= 0.3 is 0 Å². The molecule has 1 aromatic rings. The summed E-state index contributed by atoms with van der Waals surface area (Å²) in [6.45, 7) is 4.34. The first-order chi connectivity index (χ1) is 7.13. The molecule has 0 aromatic carbocycles. The third-order valence-electron chi connectivity index (χ3n) is 2.88. The van der Waals surface area contributed by atoms with Crippen molar-refractivity contribution in [3.05, 3.63) is 11.6 Å². The topological polar surface area (TPSA) is 59.8 Å². The van der Waals surface area contributed by atoms with Gasteiger partial charge in [-0.3, -0.25) is 4.79 Å². The summed E-state index contributed by atoms with van der Waals surface area (Å²) in [6, 6.07) is 0.394. The van der Waals surface area contributed by atoms with Crippen molar-refractivity contribution >= 4 is 5.91 Å². The smallest absolute Gasteiger partial charge is 0.290 e. The van der Waals surface area contributed by atoms with Crippen molar-refractivity contribution in [1.29, 1.82) is 0 Å². The molecule has 1 unspecified atom stereocenters. The van der Waals surface area contributed by atoms with Gasteiger partial charge in [0.25, 0.3) is 5.91 Å². The third-order valence-corrected chi connectivity index (χ3v) is 2.88. The fraction of sp³-hybridized carbons (Fsp3) is 0.700. The highest BCUT2D eigenvalue weighted by Crippen LogP contribution is 2.29. The van der Waals surface area contributed by atoms with Crippen LogP contribution >= 0.6 is 0 Å². The molecule has 0 bridgehead atoms. The predicted octanol–water partition coefficient (Wildman–Crippen LogP) is 0.781. The van der Waals surface area contributed by atoms with Gasteiger partial charge in [0.1, 0.15) is 5.82 Å². The van der Waals surface area contributed by atoms with Gasteiger partial charge in [-0.1, -0.05) is 13.8 Å². The standard InChI is InChI=1S/C10H16N4O/c1-6(2)7-4-5-8-12-9(10(15)11-3)13-14(7)8/h6-7H,4-5H2,1-3H3,(H,11,15). The zero-order valence-electron chi connectivity index (χ0n) is 9.32. The largest absolute Gasteiger partial charge is 0.352 e. The van der Waals surface area contributed by atoms with Crippen LogP contribution in [0.5, 0.6) is 0 Å². The summed E-state index contributed by atoms with van der Waals surface area (Å²) in [5.41, 5.74) is 0. The van der Waals surface area contributed by atoms with E-state index in [1.54, 1.807) is 7.05 Å². The first-order valence-electron chi connectivity index (χ1n) is 5.31. The lowest BCUT2D eigenvalue weighted by Gasteiger charge is -2.14. The molecule has 1 atom stereocenters. The molecule has 5 nitrogen and oxygen atoms in total. The van der Waals surface area contributed by atoms with Gasteiger partial charge in [-0.2, -0.15) is 0 Å². The molecular formula is C10H16N4O. The molecule has 82 valence electrons. The average Bonchev–Trinajstić information content (AvgIpc) is 2.73. The number of carbonyl (C=O) groups is 1. The molecule has 2 rings (SSSR count). The third kappa shape index (κ3) is 1.62. The van der Waals surface area contributed by atoms with Crippen molar-refractivity contribution in [1.82, 2.24) is 20.1 Å². The maximum absolute atomic E-state index is 11.3. The molecule has 0 saturated heterocycles. The van der Waals surface area contributed by atoms with Crippen molar-refractivity contribution in [2.24, 2.45) is 5.92 Å². The number of aryl methyl sites for hydroxylation is 1. The number of hydrogen-bond donors (Lipinski definition) is 1. The minimum Gasteiger partial charge on any atom is -0.352 e. The van der Waals surface area contributed by atoms with E-state index < -0.39 is 0 Å². The first-order valence-corrected chi connectivity index (χ1v) is 5.31. The zero-order chi connectivity index (χ0) is 11.0. The van der Waals surface area contributed by atoms with E-state index in [9.17, 15) is 4.79 Å². The number of hydrogen-bond acceptors (Lipinski definition) is 3. The Morgan fingerprint density at radius 3 is 2.93 bits per heavy atom. The van der Waals surface area contributed by atoms with Gasteiger partial charge in [0.15, 0.2) is 0 Å². The van der Waals surface area contributed by atoms with Crippen LogP contribution in [-0.2, 0) is 6.42 Å². The maximum atomic E-state index is 11.3. The van der Waals surface area contributed by atoms with Crippen LogP contribution in [0.4, 0.5) is 0 Å². The molecule has 2 heterocycles. The van der Waals surface area contributed by atoms with E-state index in [0.29, 0.717) is 12.0 Å². The molecule has 1 N–H and O–H groups in total. The summed E-state index contributed by atoms with van der Waals surface area (Å²) in [5, 5.41) is 6.79. The van der Waals surface area contributed by atoms with E-state index in [4.69, 9.17) is 0 Å². The van der Waals surface area contributed by atoms with Crippen molar-refractivity contribution < 1.29 is 4.79 Å². The van der Waals surface area contributed by atoms with Gasteiger partial charge in [-0.25, -0.2) is 9.67 Å². The van der Waals surface area contributed by atoms with Gasteiger partial charge in [0, 0.05) is 13.5 Å². The van der Waals surface area contributed by atoms with E-state index in [-0.39, 0.29) is 11.7 Å². The molecule has 0 fully saturated rings. The summed E-state index contributed by atoms with van der Waals surface area (Å²) < 4.78 is 1.91. The lowest BCUT2D eigenvalue weighted by molar-refractivity contribution is 0.0951. The molecule has 0 radical (unpaired) electrons. The monoisotopic (exact) mass is 208 g/mol. The van der Waals surface area contributed by atoms with Crippen LogP contribution in [0.2, 0.25) is 0 Å². The van der Waals surface area contributed by atoms with Gasteiger partial charge in [0.2, 0.25) is 5.82 Å². The number of aromatic nitrogens is 3. The van der Waals surface area contributed by atoms with Crippen LogP contribution in [0.15, 0.2) is 0 Å². The first kappa shape index (κ1) is 10.1. The molecule has 0 saturated carbocycles. The summed E-state index contributed by atoms with van der Waals surface area (Å²) in [4.78, 5) is 15.6. The van der Waals surface area contributed by atoms with E-state index in [0.717, 1.165) is 18.7 Å². The Morgan fingerprint density at radius 1 is 1.60 bits per heavy atom. The molecule has 15 heavy (non-hydrogen) atoms. The fourth-order valence-electron chi connectivity index (χ4n) is 2.01. The Balaban J connectivity index is 2.30. The van der Waals surface area contributed by atoms with Crippen LogP contribution in [0.1, 0.15) is 42.8 Å². The minimum atomic E-state index is -0.209. The van der Waals surface area contributed by atoms with E-state index in [1.807, 2.05) is 4.68 Å². The minimum absolute atomic E-state index is 0.209. The summed E-state index contributed by atoms with van der Waals surface area (Å²) in [7, 11) is 1.59. The predicted molar refractivity (Wildman–Crippen MR) is 55.6 cm³/mol. The van der Waals surface area contributed by atoms with E-state index >= 15 is 0 Å². The van der Waals surface area contributed by atoms with Crippen LogP contribution in [0, 0.1) is 5.92 Å². The van der Waals surface area contributed by atoms with E-state index in [1.165, 1.54) is 0 Å². The average molecular weight is 208 g/mol. The van der Waals surface area contributed by atoms with Gasteiger partial charge < -0.3 is 5.32 Å². The van der Waals surface area contributed by atoms with E-state index in [2.05, 4.69) is 29.2 Å². The molecule has 1 aromatic heterocycles. The number of fused-ring (bicyclic) bond motifs is 1. The van der Waals surface area contributed by atoms with Crippen LogP contribution in [0.25, 0.3) is 0 Å². The number of rotatable bonds is 2. The fourth-order valence-corrected chi connectivity index (χ4v) is 2.01. The SMILES string of the molecule is CNC(=O)c1nc2n(n1)C(C(C)C)CC2. The Bertz CT molecular complexity index is 383. The molecule has 1 aliphatic rings. The van der Waals surface area contributed by atoms with Crippen molar-refractivity contribution in [2.45, 2.75) is 32.7 Å². The second kappa shape index (κ2) is 3.64. The number of carbonyl (C=O) groups excluding carboxylic acids is 1. The van der Waals surface area contributed by atoms with Crippen molar-refractivity contribution in [3.63, 3.8) is 0 Å². The van der Waals surface area contributed by atoms with Crippen molar-refractivity contribution in [3.8, 4) is 0 Å². The maximum Gasteiger partial charge on any atom is 0.290 e. The molecular weight excluding hydrogens is 192 g/mol. The molecule has 1 aliphatic heterocycles. The summed E-state index contributed by atoms with van der Waals surface area (Å²) in [5.74, 6) is 1.55. The number of nitrogens with one attached hydrogen (secondary N) is 1. The Labute approximate surface area is 88.9 Å². The Morgan fingerprint density at radius 2 is 2.33 bits per heavy atom. The lowest BCUT2D eigenvalue weighted by Crippen LogP contribution is -2.20. The molecule has 0 spiro atoms. The highest BCUT2D eigenvalue weighted by atomic mass is 16.2. The van der Waals surface area contributed by atoms with Crippen molar-refractivity contribution in [2.75, 3.05) is 7.05 Å². The normalized spacial score (nSPS) is 19.3. The molecule has 5 heteroatoms. The van der Waals surface area contributed by atoms with Gasteiger partial charge in [-0.15, -0.1) is 5.10 Å². The molecule has 1 amide bonds. The summed E-state index contributed by atoms with van der Waals surface area (Å²) >= 11 is 0. The summed E-state index contributed by atoms with van der Waals surface area (Å²) in [6.07, 6.45) is 2.01. The lowest BCUT2D eigenvalue weighted by atomic mass is 10.0. The highest BCUT2D eigenvalue weighted by Gasteiger charge is 2.28. The number of nitrogens with zero attached hydrogens (tertiary/aromatic N) is 3. The molecule has 0 aliphatic carbocycles. The van der Waals surface area contributed by atoms with Crippen LogP contribution in [-0.4, -0.2) is 27.7 Å². The second-order valence-electron chi connectivity index (χ2n) is 4.23. The Hall–Kier alpha value is -1.39. The number of amides is 1. The zero-order valence-corrected chi connectivity index (χ0v) is 9.32. The Kier molecular flexibility index (Phi) is 2.46. The quantitative estimate of drug-likeness (QED) is 0.781. The second-order valence-corrected chi connectivity index (χ2v) is 4.23. The van der Waals surface area contributed by atoms with Gasteiger partial charge in [-0.05, 0) is 12.3 Å². The van der Waals surface area contributed by atoms with Crippen LogP contribution in [0.3, 0.4) is 0 Å². The van der Waals surface area contributed by atoms with Gasteiger partial charge in [0.05, 0.1) is 6.04 Å². The van der Waals surface area contributed by atoms with Crippen LogP contribution < -0.4 is 5.32 Å².